The second-order valence-corrected chi connectivity index (χ2v) is 5.17. The van der Waals surface area contributed by atoms with Crippen LogP contribution >= 0.6 is 23.2 Å². The lowest BCUT2D eigenvalue weighted by molar-refractivity contribution is -0.131. The monoisotopic (exact) mass is 332 g/mol. The third-order valence-corrected chi connectivity index (χ3v) is 2.80. The van der Waals surface area contributed by atoms with Gasteiger partial charge < -0.3 is 15.0 Å². The molecule has 0 aliphatic rings. The Balaban J connectivity index is 2.45. The number of halogens is 2. The standard InChI is InChI=1S/C13H14Cl2N2O4/c1-17(2)12(19)6-16-11(18)7-21-13(20)8-3-9(14)5-10(15)4-8/h3-5H,6-7H2,1-2H3,(H,16,18). The Bertz CT molecular complexity index is 541. The van der Waals surface area contributed by atoms with E-state index in [4.69, 9.17) is 27.9 Å². The first kappa shape index (κ1) is 17.3. The van der Waals surface area contributed by atoms with Gasteiger partial charge in [0.25, 0.3) is 5.91 Å². The van der Waals surface area contributed by atoms with Crippen LogP contribution < -0.4 is 5.32 Å². The summed E-state index contributed by atoms with van der Waals surface area (Å²) in [7, 11) is 3.13. The van der Waals surface area contributed by atoms with Crippen molar-refractivity contribution in [2.45, 2.75) is 0 Å². The van der Waals surface area contributed by atoms with Gasteiger partial charge in [-0.3, -0.25) is 9.59 Å². The second kappa shape index (κ2) is 7.85. The third kappa shape index (κ3) is 6.01. The van der Waals surface area contributed by atoms with Gasteiger partial charge in [0.15, 0.2) is 6.61 Å². The zero-order valence-electron chi connectivity index (χ0n) is 11.5. The maximum Gasteiger partial charge on any atom is 0.338 e. The molecule has 114 valence electrons. The molecule has 0 unspecified atom stereocenters. The SMILES string of the molecule is CN(C)C(=O)CNC(=O)COC(=O)c1cc(Cl)cc(Cl)c1. The van der Waals surface area contributed by atoms with E-state index in [1.165, 1.54) is 23.1 Å². The lowest BCUT2D eigenvalue weighted by atomic mass is 10.2. The average molecular weight is 333 g/mol. The van der Waals surface area contributed by atoms with Gasteiger partial charge in [-0.25, -0.2) is 4.79 Å². The summed E-state index contributed by atoms with van der Waals surface area (Å²) in [5, 5.41) is 2.91. The van der Waals surface area contributed by atoms with Gasteiger partial charge in [0.1, 0.15) is 0 Å². The number of amides is 2. The first-order valence-electron chi connectivity index (χ1n) is 5.89. The van der Waals surface area contributed by atoms with Crippen molar-refractivity contribution in [3.8, 4) is 0 Å². The molecule has 8 heteroatoms. The van der Waals surface area contributed by atoms with Gasteiger partial charge in [0, 0.05) is 24.1 Å². The summed E-state index contributed by atoms with van der Waals surface area (Å²) in [5.41, 5.74) is 0.143. The highest BCUT2D eigenvalue weighted by Gasteiger charge is 2.13. The molecule has 0 saturated heterocycles. The molecule has 6 nitrogen and oxygen atoms in total. The van der Waals surface area contributed by atoms with Crippen molar-refractivity contribution in [1.82, 2.24) is 10.2 Å². The number of carbonyl (C=O) groups excluding carboxylic acids is 3. The zero-order valence-corrected chi connectivity index (χ0v) is 13.0. The summed E-state index contributed by atoms with van der Waals surface area (Å²) < 4.78 is 4.80. The van der Waals surface area contributed by atoms with Gasteiger partial charge in [-0.15, -0.1) is 0 Å². The van der Waals surface area contributed by atoms with Gasteiger partial charge in [-0.05, 0) is 18.2 Å². The lowest BCUT2D eigenvalue weighted by Crippen LogP contribution is -2.38. The minimum Gasteiger partial charge on any atom is -0.452 e. The smallest absolute Gasteiger partial charge is 0.338 e. The fourth-order valence-corrected chi connectivity index (χ4v) is 1.80. The van der Waals surface area contributed by atoms with Gasteiger partial charge in [0.05, 0.1) is 12.1 Å². The molecule has 0 aliphatic heterocycles. The van der Waals surface area contributed by atoms with E-state index in [0.29, 0.717) is 0 Å². The van der Waals surface area contributed by atoms with Crippen molar-refractivity contribution in [2.75, 3.05) is 27.2 Å². The van der Waals surface area contributed by atoms with E-state index < -0.39 is 18.5 Å². The first-order chi connectivity index (χ1) is 9.79. The van der Waals surface area contributed by atoms with Crippen LogP contribution in [-0.2, 0) is 14.3 Å². The van der Waals surface area contributed by atoms with Crippen LogP contribution in [-0.4, -0.2) is 49.9 Å². The summed E-state index contributed by atoms with van der Waals surface area (Å²) in [6.45, 7) is -0.657. The number of carbonyl (C=O) groups is 3. The highest BCUT2D eigenvalue weighted by Crippen LogP contribution is 2.19. The lowest BCUT2D eigenvalue weighted by Gasteiger charge is -2.11. The number of esters is 1. The number of ether oxygens (including phenoxy) is 1. The fraction of sp³-hybridized carbons (Fsp3) is 0.308. The molecule has 0 aliphatic carbocycles. The Morgan fingerprint density at radius 2 is 1.71 bits per heavy atom. The molecule has 0 heterocycles. The van der Waals surface area contributed by atoms with Crippen molar-refractivity contribution < 1.29 is 19.1 Å². The molecule has 1 aromatic rings. The topological polar surface area (TPSA) is 75.7 Å². The fourth-order valence-electron chi connectivity index (χ4n) is 1.27. The average Bonchev–Trinajstić information content (AvgIpc) is 2.40. The van der Waals surface area contributed by atoms with Gasteiger partial charge >= 0.3 is 5.97 Å². The molecule has 1 rings (SSSR count). The van der Waals surface area contributed by atoms with Crippen LogP contribution in [0, 0.1) is 0 Å². The van der Waals surface area contributed by atoms with E-state index >= 15 is 0 Å². The van der Waals surface area contributed by atoms with Crippen molar-refractivity contribution in [2.24, 2.45) is 0 Å². The van der Waals surface area contributed by atoms with E-state index in [0.717, 1.165) is 0 Å². The number of hydrogen-bond acceptors (Lipinski definition) is 4. The van der Waals surface area contributed by atoms with Crippen LogP contribution in [0.25, 0.3) is 0 Å². The van der Waals surface area contributed by atoms with E-state index in [1.54, 1.807) is 14.1 Å². The first-order valence-corrected chi connectivity index (χ1v) is 6.65. The third-order valence-electron chi connectivity index (χ3n) is 2.37. The van der Waals surface area contributed by atoms with Crippen LogP contribution in [0.2, 0.25) is 10.0 Å². The normalized spacial score (nSPS) is 9.90. The maximum absolute atomic E-state index is 11.7. The molecule has 0 bridgehead atoms. The molecule has 2 amide bonds. The largest absolute Gasteiger partial charge is 0.452 e. The minimum atomic E-state index is -0.728. The molecule has 0 fully saturated rings. The molecular formula is C13H14Cl2N2O4. The van der Waals surface area contributed by atoms with Crippen molar-refractivity contribution in [3.63, 3.8) is 0 Å². The Morgan fingerprint density at radius 3 is 2.24 bits per heavy atom. The van der Waals surface area contributed by atoms with E-state index in [9.17, 15) is 14.4 Å². The quantitative estimate of drug-likeness (QED) is 0.826. The predicted molar refractivity (Wildman–Crippen MR) is 78.4 cm³/mol. The van der Waals surface area contributed by atoms with Crippen molar-refractivity contribution in [3.05, 3.63) is 33.8 Å². The summed E-state index contributed by atoms with van der Waals surface area (Å²) >= 11 is 11.5. The molecule has 0 spiro atoms. The van der Waals surface area contributed by atoms with Gasteiger partial charge in [-0.2, -0.15) is 0 Å². The Kier molecular flexibility index (Phi) is 6.45. The Morgan fingerprint density at radius 1 is 1.14 bits per heavy atom. The van der Waals surface area contributed by atoms with Crippen LogP contribution in [0.4, 0.5) is 0 Å². The highest BCUT2D eigenvalue weighted by molar-refractivity contribution is 6.35. The molecule has 0 atom stereocenters. The predicted octanol–water partition coefficient (Wildman–Crippen LogP) is 1.35. The van der Waals surface area contributed by atoms with Crippen LogP contribution in [0.15, 0.2) is 18.2 Å². The van der Waals surface area contributed by atoms with Gasteiger partial charge in [0.2, 0.25) is 5.91 Å². The van der Waals surface area contributed by atoms with E-state index in [-0.39, 0.29) is 28.1 Å². The Labute approximate surface area is 132 Å². The summed E-state index contributed by atoms with van der Waals surface area (Å²) in [4.78, 5) is 35.7. The number of nitrogens with one attached hydrogen (secondary N) is 1. The van der Waals surface area contributed by atoms with Crippen LogP contribution in [0.5, 0.6) is 0 Å². The number of benzene rings is 1. The van der Waals surface area contributed by atoms with Crippen molar-refractivity contribution in [1.29, 1.82) is 0 Å². The van der Waals surface area contributed by atoms with E-state index in [1.807, 2.05) is 0 Å². The number of likely N-dealkylation sites (N-methyl/N-ethyl adjacent to an activating group) is 1. The highest BCUT2D eigenvalue weighted by atomic mass is 35.5. The van der Waals surface area contributed by atoms with Crippen LogP contribution in [0.1, 0.15) is 10.4 Å². The number of hydrogen-bond donors (Lipinski definition) is 1. The second-order valence-electron chi connectivity index (χ2n) is 4.30. The summed E-state index contributed by atoms with van der Waals surface area (Å²) in [5.74, 6) is -1.57. The molecule has 0 radical (unpaired) electrons. The number of nitrogens with zero attached hydrogens (tertiary/aromatic N) is 1. The van der Waals surface area contributed by atoms with Gasteiger partial charge in [-0.1, -0.05) is 23.2 Å². The molecule has 0 saturated carbocycles. The maximum atomic E-state index is 11.7. The van der Waals surface area contributed by atoms with Crippen LogP contribution in [0.3, 0.4) is 0 Å². The molecule has 0 aromatic heterocycles. The summed E-state index contributed by atoms with van der Waals surface area (Å²) in [6.07, 6.45) is 0. The minimum absolute atomic E-state index is 0.143. The van der Waals surface area contributed by atoms with Crippen molar-refractivity contribution >= 4 is 41.0 Å². The molecule has 1 aromatic carbocycles. The molecule has 1 N–H and O–H groups in total. The Hall–Kier alpha value is -1.79. The van der Waals surface area contributed by atoms with E-state index in [2.05, 4.69) is 5.32 Å². The zero-order chi connectivity index (χ0) is 16.0. The molecule has 21 heavy (non-hydrogen) atoms. The molecular weight excluding hydrogens is 319 g/mol. The number of rotatable bonds is 5. The summed E-state index contributed by atoms with van der Waals surface area (Å²) in [6, 6.07) is 4.23.